The van der Waals surface area contributed by atoms with E-state index in [4.69, 9.17) is 19.3 Å². The van der Waals surface area contributed by atoms with E-state index >= 15 is 0 Å². The van der Waals surface area contributed by atoms with Crippen LogP contribution in [0.4, 0.5) is 0 Å². The largest absolute Gasteiger partial charge is 0.493 e. The van der Waals surface area contributed by atoms with Gasteiger partial charge in [0, 0.05) is 31.0 Å². The van der Waals surface area contributed by atoms with Gasteiger partial charge in [0.25, 0.3) is 5.89 Å². The number of amides is 1. The molecule has 0 radical (unpaired) electrons. The second-order valence-electron chi connectivity index (χ2n) is 7.01. The first-order valence-corrected chi connectivity index (χ1v) is 9.44. The standard InChI is InChI=1S/C22H20N4O4/c1-28-18-8-5-15(9-19(18)29-2)12-26-13-17(10-20(26)27)21-24-22(30-25-21)16-6-3-14(11-23)4-7-16/h3-9,17H,10,12-13H2,1-2H3. The van der Waals surface area contributed by atoms with E-state index < -0.39 is 0 Å². The van der Waals surface area contributed by atoms with Gasteiger partial charge < -0.3 is 18.9 Å². The first kappa shape index (κ1) is 19.5. The van der Waals surface area contributed by atoms with Crippen LogP contribution < -0.4 is 9.47 Å². The fourth-order valence-corrected chi connectivity index (χ4v) is 3.50. The Morgan fingerprint density at radius 2 is 1.93 bits per heavy atom. The molecule has 30 heavy (non-hydrogen) atoms. The van der Waals surface area contributed by atoms with Crippen LogP contribution in [0, 0.1) is 11.3 Å². The Morgan fingerprint density at radius 3 is 2.63 bits per heavy atom. The molecule has 1 aromatic heterocycles. The molecule has 8 nitrogen and oxygen atoms in total. The lowest BCUT2D eigenvalue weighted by atomic mass is 10.1. The number of benzene rings is 2. The number of hydrogen-bond acceptors (Lipinski definition) is 7. The smallest absolute Gasteiger partial charge is 0.257 e. The summed E-state index contributed by atoms with van der Waals surface area (Å²) < 4.78 is 16.0. The second kappa shape index (κ2) is 8.25. The fraction of sp³-hybridized carbons (Fsp3) is 0.273. The van der Waals surface area contributed by atoms with E-state index in [2.05, 4.69) is 16.2 Å². The summed E-state index contributed by atoms with van der Waals surface area (Å²) in [4.78, 5) is 18.8. The molecule has 0 bridgehead atoms. The molecule has 4 rings (SSSR count). The number of carbonyl (C=O) groups is 1. The topological polar surface area (TPSA) is 101 Å². The predicted molar refractivity (Wildman–Crippen MR) is 107 cm³/mol. The van der Waals surface area contributed by atoms with Gasteiger partial charge in [-0.25, -0.2) is 0 Å². The molecule has 2 heterocycles. The minimum atomic E-state index is -0.131. The van der Waals surface area contributed by atoms with Crippen molar-refractivity contribution in [2.45, 2.75) is 18.9 Å². The average Bonchev–Trinajstić information content (AvgIpc) is 3.41. The SMILES string of the molecule is COc1ccc(CN2CC(c3noc(-c4ccc(C#N)cc4)n3)CC2=O)cc1OC. The van der Waals surface area contributed by atoms with Gasteiger partial charge in [0.1, 0.15) is 0 Å². The van der Waals surface area contributed by atoms with Crippen LogP contribution >= 0.6 is 0 Å². The van der Waals surface area contributed by atoms with Crippen molar-refractivity contribution in [3.63, 3.8) is 0 Å². The van der Waals surface area contributed by atoms with Gasteiger partial charge in [-0.3, -0.25) is 4.79 Å². The third kappa shape index (κ3) is 3.82. The lowest BCUT2D eigenvalue weighted by Crippen LogP contribution is -2.24. The van der Waals surface area contributed by atoms with E-state index in [1.165, 1.54) is 0 Å². The molecule has 0 saturated carbocycles. The summed E-state index contributed by atoms with van der Waals surface area (Å²) in [5.74, 6) is 2.07. The Balaban J connectivity index is 1.46. The predicted octanol–water partition coefficient (Wildman–Crippen LogP) is 3.14. The lowest BCUT2D eigenvalue weighted by molar-refractivity contribution is -0.128. The van der Waals surface area contributed by atoms with Gasteiger partial charge in [-0.05, 0) is 42.0 Å². The third-order valence-corrected chi connectivity index (χ3v) is 5.10. The molecular formula is C22H20N4O4. The Hall–Kier alpha value is -3.86. The van der Waals surface area contributed by atoms with Crippen molar-refractivity contribution in [2.75, 3.05) is 20.8 Å². The Labute approximate surface area is 173 Å². The first-order valence-electron chi connectivity index (χ1n) is 9.44. The number of nitriles is 1. The van der Waals surface area contributed by atoms with Crippen molar-refractivity contribution in [1.82, 2.24) is 15.0 Å². The van der Waals surface area contributed by atoms with Crippen LogP contribution in [0.15, 0.2) is 47.0 Å². The molecule has 1 atom stereocenters. The molecular weight excluding hydrogens is 384 g/mol. The van der Waals surface area contributed by atoms with Crippen LogP contribution in [0.5, 0.6) is 11.5 Å². The number of aromatic nitrogens is 2. The molecule has 3 aromatic rings. The van der Waals surface area contributed by atoms with E-state index in [9.17, 15) is 4.79 Å². The molecule has 0 spiro atoms. The maximum absolute atomic E-state index is 12.5. The average molecular weight is 404 g/mol. The normalized spacial score (nSPS) is 15.8. The second-order valence-corrected chi connectivity index (χ2v) is 7.01. The highest BCUT2D eigenvalue weighted by Crippen LogP contribution is 2.32. The first-order chi connectivity index (χ1) is 14.6. The van der Waals surface area contributed by atoms with E-state index in [1.807, 2.05) is 18.2 Å². The number of nitrogens with zero attached hydrogens (tertiary/aromatic N) is 4. The van der Waals surface area contributed by atoms with E-state index in [1.54, 1.807) is 43.4 Å². The van der Waals surface area contributed by atoms with Crippen LogP contribution in [0.2, 0.25) is 0 Å². The number of hydrogen-bond donors (Lipinski definition) is 0. The maximum atomic E-state index is 12.5. The highest BCUT2D eigenvalue weighted by Gasteiger charge is 2.34. The minimum absolute atomic E-state index is 0.0412. The van der Waals surface area contributed by atoms with Gasteiger partial charge in [-0.1, -0.05) is 11.2 Å². The van der Waals surface area contributed by atoms with Crippen LogP contribution in [0.1, 0.15) is 29.3 Å². The summed E-state index contributed by atoms with van der Waals surface area (Å²) in [5, 5.41) is 13.0. The zero-order chi connectivity index (χ0) is 21.1. The van der Waals surface area contributed by atoms with Crippen LogP contribution in [0.3, 0.4) is 0 Å². The van der Waals surface area contributed by atoms with Gasteiger partial charge in [0.2, 0.25) is 5.91 Å². The van der Waals surface area contributed by atoms with E-state index in [-0.39, 0.29) is 11.8 Å². The molecule has 1 amide bonds. The molecule has 0 aliphatic carbocycles. The Kier molecular flexibility index (Phi) is 5.35. The molecule has 1 saturated heterocycles. The number of ether oxygens (including phenoxy) is 2. The molecule has 0 N–H and O–H groups in total. The molecule has 1 fully saturated rings. The highest BCUT2D eigenvalue weighted by molar-refractivity contribution is 5.79. The zero-order valence-electron chi connectivity index (χ0n) is 16.7. The van der Waals surface area contributed by atoms with Crippen molar-refractivity contribution >= 4 is 5.91 Å². The summed E-state index contributed by atoms with van der Waals surface area (Å²) in [6.45, 7) is 0.982. The lowest BCUT2D eigenvalue weighted by Gasteiger charge is -2.17. The van der Waals surface area contributed by atoms with E-state index in [0.717, 1.165) is 11.1 Å². The number of rotatable bonds is 6. The quantitative estimate of drug-likeness (QED) is 0.622. The van der Waals surface area contributed by atoms with Crippen LogP contribution in [-0.2, 0) is 11.3 Å². The molecule has 1 aliphatic heterocycles. The van der Waals surface area contributed by atoms with Crippen molar-refractivity contribution in [3.05, 3.63) is 59.4 Å². The summed E-state index contributed by atoms with van der Waals surface area (Å²) in [6, 6.07) is 14.6. The summed E-state index contributed by atoms with van der Waals surface area (Å²) >= 11 is 0. The maximum Gasteiger partial charge on any atom is 0.257 e. The van der Waals surface area contributed by atoms with Crippen molar-refractivity contribution in [1.29, 1.82) is 5.26 Å². The summed E-state index contributed by atoms with van der Waals surface area (Å²) in [6.07, 6.45) is 0.333. The third-order valence-electron chi connectivity index (χ3n) is 5.10. The van der Waals surface area contributed by atoms with Crippen molar-refractivity contribution in [3.8, 4) is 29.0 Å². The van der Waals surface area contributed by atoms with Crippen LogP contribution in [0.25, 0.3) is 11.5 Å². The summed E-state index contributed by atoms with van der Waals surface area (Å²) in [7, 11) is 3.17. The summed E-state index contributed by atoms with van der Waals surface area (Å²) in [5.41, 5.74) is 2.25. The molecule has 8 heteroatoms. The van der Waals surface area contributed by atoms with Gasteiger partial charge >= 0.3 is 0 Å². The van der Waals surface area contributed by atoms with Gasteiger partial charge in [-0.2, -0.15) is 10.2 Å². The van der Waals surface area contributed by atoms with Gasteiger partial charge in [0.15, 0.2) is 17.3 Å². The number of carbonyl (C=O) groups excluding carboxylic acids is 1. The van der Waals surface area contributed by atoms with Crippen molar-refractivity contribution < 1.29 is 18.8 Å². The molecule has 152 valence electrons. The minimum Gasteiger partial charge on any atom is -0.493 e. The van der Waals surface area contributed by atoms with E-state index in [0.29, 0.717) is 48.3 Å². The Morgan fingerprint density at radius 1 is 1.17 bits per heavy atom. The van der Waals surface area contributed by atoms with Gasteiger partial charge in [0.05, 0.1) is 25.9 Å². The molecule has 2 aromatic carbocycles. The van der Waals surface area contributed by atoms with Gasteiger partial charge in [-0.15, -0.1) is 0 Å². The highest BCUT2D eigenvalue weighted by atomic mass is 16.5. The number of likely N-dealkylation sites (tertiary alicyclic amines) is 1. The molecule has 1 unspecified atom stereocenters. The fourth-order valence-electron chi connectivity index (χ4n) is 3.50. The monoisotopic (exact) mass is 404 g/mol. The van der Waals surface area contributed by atoms with Crippen LogP contribution in [-0.4, -0.2) is 41.7 Å². The number of methoxy groups -OCH3 is 2. The molecule has 1 aliphatic rings. The Bertz CT molecular complexity index is 1100. The zero-order valence-corrected chi connectivity index (χ0v) is 16.7. The van der Waals surface area contributed by atoms with Crippen molar-refractivity contribution in [2.24, 2.45) is 0 Å².